The first kappa shape index (κ1) is 21.0. The van der Waals surface area contributed by atoms with Crippen LogP contribution in [-0.2, 0) is 10.0 Å². The van der Waals surface area contributed by atoms with E-state index in [9.17, 15) is 18.5 Å². The van der Waals surface area contributed by atoms with Gasteiger partial charge < -0.3 is 14.7 Å². The van der Waals surface area contributed by atoms with E-state index < -0.39 is 14.9 Å². The summed E-state index contributed by atoms with van der Waals surface area (Å²) in [5, 5.41) is 11.7. The maximum absolute atomic E-state index is 13.0. The molecule has 28 heavy (non-hydrogen) atoms. The molecule has 1 aromatic carbocycles. The number of benzene rings is 1. The van der Waals surface area contributed by atoms with Crippen LogP contribution in [-0.4, -0.2) is 93.9 Å². The second-order valence-corrected chi connectivity index (χ2v) is 9.76. The molecule has 1 unspecified atom stereocenters. The molecule has 2 aliphatic rings. The lowest BCUT2D eigenvalue weighted by Crippen LogP contribution is -2.47. The molecule has 0 aromatic heterocycles. The molecule has 0 radical (unpaired) electrons. The summed E-state index contributed by atoms with van der Waals surface area (Å²) < 4.78 is 27.3. The summed E-state index contributed by atoms with van der Waals surface area (Å²) in [6.45, 7) is 3.52. The molecule has 156 valence electrons. The quantitative estimate of drug-likeness (QED) is 0.529. The standard InChI is InChI=1S/C18H29N5O4S/c1-19(2)15-5-4-8-21(14-15)17-7-6-16(13-18(17)23(24)25)28(26,27)22-11-9-20(3)10-12-22/h6-7,13,15H,4-5,8-12,14H2,1-3H3. The van der Waals surface area contributed by atoms with Crippen molar-refractivity contribution >= 4 is 21.4 Å². The molecule has 0 amide bonds. The fourth-order valence-corrected chi connectivity index (χ4v) is 5.29. The van der Waals surface area contributed by atoms with Gasteiger partial charge in [-0.1, -0.05) is 0 Å². The van der Waals surface area contributed by atoms with E-state index in [0.29, 0.717) is 44.5 Å². The molecule has 10 heteroatoms. The SMILES string of the molecule is CN1CCN(S(=O)(=O)c2ccc(N3CCCC(N(C)C)C3)c([N+](=O)[O-])c2)CC1. The van der Waals surface area contributed by atoms with Gasteiger partial charge in [0.05, 0.1) is 9.82 Å². The van der Waals surface area contributed by atoms with Gasteiger partial charge in [-0.2, -0.15) is 4.31 Å². The molecule has 0 spiro atoms. The van der Waals surface area contributed by atoms with Gasteiger partial charge in [-0.15, -0.1) is 0 Å². The third kappa shape index (κ3) is 4.29. The van der Waals surface area contributed by atoms with Gasteiger partial charge in [0, 0.05) is 51.4 Å². The van der Waals surface area contributed by atoms with Crippen molar-refractivity contribution in [3.63, 3.8) is 0 Å². The van der Waals surface area contributed by atoms with Crippen molar-refractivity contribution in [3.8, 4) is 0 Å². The van der Waals surface area contributed by atoms with Crippen molar-refractivity contribution in [1.82, 2.24) is 14.1 Å². The maximum atomic E-state index is 13.0. The van der Waals surface area contributed by atoms with Gasteiger partial charge in [0.1, 0.15) is 5.69 Å². The van der Waals surface area contributed by atoms with E-state index in [1.807, 2.05) is 26.0 Å². The topological polar surface area (TPSA) is 90.2 Å². The number of piperazine rings is 1. The van der Waals surface area contributed by atoms with E-state index in [-0.39, 0.29) is 10.6 Å². The predicted molar refractivity (Wildman–Crippen MR) is 108 cm³/mol. The highest BCUT2D eigenvalue weighted by Crippen LogP contribution is 2.34. The van der Waals surface area contributed by atoms with Crippen LogP contribution in [0.2, 0.25) is 0 Å². The second-order valence-electron chi connectivity index (χ2n) is 7.82. The Hall–Kier alpha value is -1.75. The summed E-state index contributed by atoms with van der Waals surface area (Å²) in [6, 6.07) is 4.65. The smallest absolute Gasteiger partial charge is 0.293 e. The van der Waals surface area contributed by atoms with Crippen LogP contribution in [0.5, 0.6) is 0 Å². The Kier molecular flexibility index (Phi) is 6.23. The molecule has 2 saturated heterocycles. The summed E-state index contributed by atoms with van der Waals surface area (Å²) >= 11 is 0. The number of rotatable bonds is 5. The van der Waals surface area contributed by atoms with Crippen LogP contribution in [0.1, 0.15) is 12.8 Å². The average Bonchev–Trinajstić information content (AvgIpc) is 2.68. The first-order valence-electron chi connectivity index (χ1n) is 9.58. The summed E-state index contributed by atoms with van der Waals surface area (Å²) in [7, 11) is 2.23. The molecule has 0 N–H and O–H groups in total. The van der Waals surface area contributed by atoms with Crippen LogP contribution < -0.4 is 4.90 Å². The Morgan fingerprint density at radius 1 is 1.14 bits per heavy atom. The molecule has 0 bridgehead atoms. The number of sulfonamides is 1. The van der Waals surface area contributed by atoms with Crippen LogP contribution in [0.3, 0.4) is 0 Å². The molecule has 1 atom stereocenters. The number of hydrogen-bond acceptors (Lipinski definition) is 7. The van der Waals surface area contributed by atoms with E-state index in [0.717, 1.165) is 19.4 Å². The zero-order valence-electron chi connectivity index (χ0n) is 16.7. The fourth-order valence-electron chi connectivity index (χ4n) is 3.85. The van der Waals surface area contributed by atoms with Gasteiger partial charge in [-0.05, 0) is 46.1 Å². The van der Waals surface area contributed by atoms with Gasteiger partial charge in [0.15, 0.2) is 0 Å². The zero-order chi connectivity index (χ0) is 20.5. The molecule has 3 rings (SSSR count). The highest BCUT2D eigenvalue weighted by atomic mass is 32.2. The molecule has 9 nitrogen and oxygen atoms in total. The second kappa shape index (κ2) is 8.32. The van der Waals surface area contributed by atoms with Crippen LogP contribution in [0.15, 0.2) is 23.1 Å². The molecule has 0 saturated carbocycles. The van der Waals surface area contributed by atoms with Gasteiger partial charge in [0.2, 0.25) is 10.0 Å². The molecule has 0 aliphatic carbocycles. The van der Waals surface area contributed by atoms with E-state index in [2.05, 4.69) is 9.80 Å². The zero-order valence-corrected chi connectivity index (χ0v) is 17.6. The lowest BCUT2D eigenvalue weighted by Gasteiger charge is -2.37. The van der Waals surface area contributed by atoms with Crippen molar-refractivity contribution < 1.29 is 13.3 Å². The normalized spacial score (nSPS) is 22.6. The minimum atomic E-state index is -3.74. The first-order chi connectivity index (χ1) is 13.2. The van der Waals surface area contributed by atoms with Crippen LogP contribution in [0.25, 0.3) is 0 Å². The minimum Gasteiger partial charge on any atom is -0.364 e. The number of piperidine rings is 1. The fraction of sp³-hybridized carbons (Fsp3) is 0.667. The summed E-state index contributed by atoms with van der Waals surface area (Å²) in [5.41, 5.74) is 0.350. The van der Waals surface area contributed by atoms with E-state index >= 15 is 0 Å². The highest BCUT2D eigenvalue weighted by Gasteiger charge is 2.32. The molecule has 1 aromatic rings. The van der Waals surface area contributed by atoms with Crippen molar-refractivity contribution in [1.29, 1.82) is 0 Å². The summed E-state index contributed by atoms with van der Waals surface area (Å²) in [5.74, 6) is 0. The Morgan fingerprint density at radius 2 is 1.82 bits per heavy atom. The summed E-state index contributed by atoms with van der Waals surface area (Å²) in [6.07, 6.45) is 1.99. The van der Waals surface area contributed by atoms with Crippen LogP contribution >= 0.6 is 0 Å². The molecule has 2 aliphatic heterocycles. The number of nitrogens with zero attached hydrogens (tertiary/aromatic N) is 5. The van der Waals surface area contributed by atoms with Crippen molar-refractivity contribution in [2.24, 2.45) is 0 Å². The Balaban J connectivity index is 1.90. The lowest BCUT2D eigenvalue weighted by atomic mass is 10.0. The van der Waals surface area contributed by atoms with Gasteiger partial charge in [-0.25, -0.2) is 8.42 Å². The van der Waals surface area contributed by atoms with Gasteiger partial charge in [0.25, 0.3) is 5.69 Å². The predicted octanol–water partition coefficient (Wildman–Crippen LogP) is 1.06. The largest absolute Gasteiger partial charge is 0.364 e. The van der Waals surface area contributed by atoms with E-state index in [4.69, 9.17) is 0 Å². The van der Waals surface area contributed by atoms with Crippen molar-refractivity contribution in [3.05, 3.63) is 28.3 Å². The molecule has 2 fully saturated rings. The third-order valence-corrected chi connectivity index (χ3v) is 7.61. The van der Waals surface area contributed by atoms with Crippen molar-refractivity contribution in [2.45, 2.75) is 23.8 Å². The van der Waals surface area contributed by atoms with E-state index in [1.54, 1.807) is 6.07 Å². The molecule has 2 heterocycles. The first-order valence-corrected chi connectivity index (χ1v) is 11.0. The lowest BCUT2D eigenvalue weighted by molar-refractivity contribution is -0.384. The molecular formula is C18H29N5O4S. The monoisotopic (exact) mass is 411 g/mol. The van der Waals surface area contributed by atoms with Crippen molar-refractivity contribution in [2.75, 3.05) is 65.3 Å². The number of nitro benzene ring substituents is 1. The maximum Gasteiger partial charge on any atom is 0.293 e. The van der Waals surface area contributed by atoms with Gasteiger partial charge in [-0.3, -0.25) is 10.1 Å². The van der Waals surface area contributed by atoms with Crippen LogP contribution in [0.4, 0.5) is 11.4 Å². The Morgan fingerprint density at radius 3 is 2.43 bits per heavy atom. The average molecular weight is 412 g/mol. The molecular weight excluding hydrogens is 382 g/mol. The number of anilines is 1. The summed E-state index contributed by atoms with van der Waals surface area (Å²) in [4.78, 5) is 17.4. The highest BCUT2D eigenvalue weighted by molar-refractivity contribution is 7.89. The number of hydrogen-bond donors (Lipinski definition) is 0. The van der Waals surface area contributed by atoms with Gasteiger partial charge >= 0.3 is 0 Å². The number of nitro groups is 1. The minimum absolute atomic E-state index is 0.00586. The van der Waals surface area contributed by atoms with Crippen LogP contribution in [0, 0.1) is 10.1 Å². The number of likely N-dealkylation sites (N-methyl/N-ethyl adjacent to an activating group) is 2. The third-order valence-electron chi connectivity index (χ3n) is 5.71. The van der Waals surface area contributed by atoms with E-state index in [1.165, 1.54) is 16.4 Å². The Labute approximate surface area is 166 Å². The Bertz CT molecular complexity index is 821.